The molecule has 1 aliphatic rings. The molecule has 0 unspecified atom stereocenters. The van der Waals surface area contributed by atoms with E-state index >= 15 is 0 Å². The molecule has 0 aliphatic carbocycles. The molecule has 2 aromatic heterocycles. The van der Waals surface area contributed by atoms with Gasteiger partial charge >= 0.3 is 0 Å². The minimum Gasteiger partial charge on any atom is -0.352 e. The van der Waals surface area contributed by atoms with Crippen LogP contribution in [0.3, 0.4) is 0 Å². The standard InChI is InChI=1S/C14H17N5O/c1-10-16-4-5-19(10)13-3-2-11(6-17-13)7-18-14(20)12-8-15-9-12/h2-6,12,15H,7-9H2,1H3,(H,18,20). The number of aryl methyl sites for hydroxylation is 1. The van der Waals surface area contributed by atoms with E-state index in [1.54, 1.807) is 12.4 Å². The van der Waals surface area contributed by atoms with Crippen molar-refractivity contribution in [1.82, 2.24) is 25.2 Å². The number of imidazole rings is 1. The third-order valence-electron chi connectivity index (χ3n) is 3.50. The minimum absolute atomic E-state index is 0.110. The van der Waals surface area contributed by atoms with Crippen molar-refractivity contribution >= 4 is 5.91 Å². The number of nitrogens with one attached hydrogen (secondary N) is 2. The maximum absolute atomic E-state index is 11.7. The summed E-state index contributed by atoms with van der Waals surface area (Å²) < 4.78 is 1.92. The average Bonchev–Trinajstić information content (AvgIpc) is 2.81. The van der Waals surface area contributed by atoms with Crippen molar-refractivity contribution in [2.24, 2.45) is 5.92 Å². The van der Waals surface area contributed by atoms with Crippen molar-refractivity contribution in [1.29, 1.82) is 0 Å². The quantitative estimate of drug-likeness (QED) is 0.845. The van der Waals surface area contributed by atoms with Crippen LogP contribution in [-0.2, 0) is 11.3 Å². The van der Waals surface area contributed by atoms with Gasteiger partial charge in [-0.3, -0.25) is 9.36 Å². The molecule has 1 aliphatic heterocycles. The first-order chi connectivity index (χ1) is 9.74. The smallest absolute Gasteiger partial charge is 0.225 e. The Hall–Kier alpha value is -2.21. The number of carbonyl (C=O) groups excluding carboxylic acids is 1. The van der Waals surface area contributed by atoms with Gasteiger partial charge in [0.15, 0.2) is 0 Å². The summed E-state index contributed by atoms with van der Waals surface area (Å²) in [6.45, 7) is 4.01. The van der Waals surface area contributed by atoms with E-state index < -0.39 is 0 Å². The van der Waals surface area contributed by atoms with E-state index in [1.165, 1.54) is 0 Å². The van der Waals surface area contributed by atoms with Gasteiger partial charge in [0.1, 0.15) is 11.6 Å². The van der Waals surface area contributed by atoms with Crippen LogP contribution in [-0.4, -0.2) is 33.5 Å². The number of hydrogen-bond acceptors (Lipinski definition) is 4. The molecule has 1 fully saturated rings. The van der Waals surface area contributed by atoms with Crippen LogP contribution in [0.5, 0.6) is 0 Å². The van der Waals surface area contributed by atoms with Gasteiger partial charge in [-0.05, 0) is 18.6 Å². The van der Waals surface area contributed by atoms with Crippen molar-refractivity contribution in [3.63, 3.8) is 0 Å². The number of carbonyl (C=O) groups is 1. The number of aromatic nitrogens is 3. The van der Waals surface area contributed by atoms with Crippen LogP contribution in [0.2, 0.25) is 0 Å². The number of amides is 1. The van der Waals surface area contributed by atoms with Crippen LogP contribution in [0.15, 0.2) is 30.7 Å². The molecule has 0 aromatic carbocycles. The fourth-order valence-electron chi connectivity index (χ4n) is 2.09. The number of hydrogen-bond donors (Lipinski definition) is 2. The molecule has 0 bridgehead atoms. The van der Waals surface area contributed by atoms with Crippen molar-refractivity contribution in [3.05, 3.63) is 42.1 Å². The summed E-state index contributed by atoms with van der Waals surface area (Å²) in [6.07, 6.45) is 5.41. The van der Waals surface area contributed by atoms with Crippen LogP contribution in [0.1, 0.15) is 11.4 Å². The second-order valence-electron chi connectivity index (χ2n) is 4.94. The highest BCUT2D eigenvalue weighted by atomic mass is 16.2. The lowest BCUT2D eigenvalue weighted by Gasteiger charge is -2.25. The van der Waals surface area contributed by atoms with Crippen LogP contribution in [0.4, 0.5) is 0 Å². The monoisotopic (exact) mass is 271 g/mol. The van der Waals surface area contributed by atoms with E-state index in [2.05, 4.69) is 20.6 Å². The van der Waals surface area contributed by atoms with Gasteiger partial charge in [-0.1, -0.05) is 6.07 Å². The topological polar surface area (TPSA) is 71.8 Å². The SMILES string of the molecule is Cc1nccn1-c1ccc(CNC(=O)C2CNC2)cn1. The molecule has 0 atom stereocenters. The first-order valence-corrected chi connectivity index (χ1v) is 6.68. The van der Waals surface area contributed by atoms with Crippen LogP contribution in [0, 0.1) is 12.8 Å². The van der Waals surface area contributed by atoms with Crippen molar-refractivity contribution in [3.8, 4) is 5.82 Å². The lowest BCUT2D eigenvalue weighted by Crippen LogP contribution is -2.50. The Kier molecular flexibility index (Phi) is 3.47. The number of rotatable bonds is 4. The van der Waals surface area contributed by atoms with Crippen LogP contribution >= 0.6 is 0 Å². The Balaban J connectivity index is 1.61. The predicted octanol–water partition coefficient (Wildman–Crippen LogP) is 0.411. The molecule has 2 N–H and O–H groups in total. The maximum atomic E-state index is 11.7. The van der Waals surface area contributed by atoms with Gasteiger partial charge in [-0.2, -0.15) is 0 Å². The lowest BCUT2D eigenvalue weighted by atomic mass is 10.0. The summed E-state index contributed by atoms with van der Waals surface area (Å²) in [7, 11) is 0. The van der Waals surface area contributed by atoms with E-state index in [0.717, 1.165) is 30.3 Å². The van der Waals surface area contributed by atoms with Crippen molar-refractivity contribution in [2.45, 2.75) is 13.5 Å². The molecule has 6 heteroatoms. The Morgan fingerprint density at radius 1 is 1.45 bits per heavy atom. The van der Waals surface area contributed by atoms with Gasteiger partial charge in [0.25, 0.3) is 0 Å². The summed E-state index contributed by atoms with van der Waals surface area (Å²) in [4.78, 5) is 20.3. The third kappa shape index (κ3) is 2.55. The van der Waals surface area contributed by atoms with E-state index in [0.29, 0.717) is 6.54 Å². The summed E-state index contributed by atoms with van der Waals surface area (Å²) in [5, 5.41) is 6.02. The van der Waals surface area contributed by atoms with Crippen molar-refractivity contribution < 1.29 is 4.79 Å². The van der Waals surface area contributed by atoms with Crippen LogP contribution < -0.4 is 10.6 Å². The molecule has 1 amide bonds. The van der Waals surface area contributed by atoms with E-state index in [9.17, 15) is 4.79 Å². The summed E-state index contributed by atoms with van der Waals surface area (Å²) >= 11 is 0. The van der Waals surface area contributed by atoms with E-state index in [1.807, 2.05) is 29.8 Å². The Labute approximate surface area is 117 Å². The van der Waals surface area contributed by atoms with E-state index in [-0.39, 0.29) is 11.8 Å². The maximum Gasteiger partial charge on any atom is 0.225 e. The third-order valence-corrected chi connectivity index (χ3v) is 3.50. The molecule has 1 saturated heterocycles. The van der Waals surface area contributed by atoms with Gasteiger partial charge in [0.2, 0.25) is 5.91 Å². The second-order valence-corrected chi connectivity index (χ2v) is 4.94. The normalized spacial score (nSPS) is 14.8. The Morgan fingerprint density at radius 2 is 2.30 bits per heavy atom. The highest BCUT2D eigenvalue weighted by molar-refractivity contribution is 5.79. The number of pyridine rings is 1. The summed E-state index contributed by atoms with van der Waals surface area (Å²) in [5.74, 6) is 1.96. The zero-order chi connectivity index (χ0) is 13.9. The van der Waals surface area contributed by atoms with Crippen LogP contribution in [0.25, 0.3) is 5.82 Å². The molecule has 3 heterocycles. The first kappa shape index (κ1) is 12.8. The summed E-state index contributed by atoms with van der Waals surface area (Å²) in [6, 6.07) is 3.90. The van der Waals surface area contributed by atoms with Gasteiger partial charge in [-0.25, -0.2) is 9.97 Å². The van der Waals surface area contributed by atoms with E-state index in [4.69, 9.17) is 0 Å². The largest absolute Gasteiger partial charge is 0.352 e. The second kappa shape index (κ2) is 5.42. The molecule has 0 radical (unpaired) electrons. The van der Waals surface area contributed by atoms with Crippen molar-refractivity contribution in [2.75, 3.05) is 13.1 Å². The van der Waals surface area contributed by atoms with Gasteiger partial charge in [-0.15, -0.1) is 0 Å². The highest BCUT2D eigenvalue weighted by Crippen LogP contribution is 2.09. The molecule has 0 spiro atoms. The fraction of sp³-hybridized carbons (Fsp3) is 0.357. The molecule has 20 heavy (non-hydrogen) atoms. The molecule has 104 valence electrons. The van der Waals surface area contributed by atoms with Gasteiger partial charge in [0, 0.05) is 38.2 Å². The van der Waals surface area contributed by atoms with Gasteiger partial charge in [0.05, 0.1) is 5.92 Å². The molecular formula is C14H17N5O. The minimum atomic E-state index is 0.110. The lowest BCUT2D eigenvalue weighted by molar-refractivity contribution is -0.126. The first-order valence-electron chi connectivity index (χ1n) is 6.68. The molecular weight excluding hydrogens is 254 g/mol. The summed E-state index contributed by atoms with van der Waals surface area (Å²) in [5.41, 5.74) is 0.993. The van der Waals surface area contributed by atoms with Gasteiger partial charge < -0.3 is 10.6 Å². The zero-order valence-corrected chi connectivity index (χ0v) is 11.3. The molecule has 2 aromatic rings. The molecule has 3 rings (SSSR count). The molecule has 6 nitrogen and oxygen atoms in total. The predicted molar refractivity (Wildman–Crippen MR) is 74.3 cm³/mol. The highest BCUT2D eigenvalue weighted by Gasteiger charge is 2.24. The Morgan fingerprint density at radius 3 is 2.85 bits per heavy atom. The molecule has 0 saturated carbocycles. The zero-order valence-electron chi connectivity index (χ0n) is 11.3. The fourth-order valence-corrected chi connectivity index (χ4v) is 2.09. The Bertz CT molecular complexity index is 600. The number of nitrogens with zero attached hydrogens (tertiary/aromatic N) is 3. The average molecular weight is 271 g/mol.